The number of aryl methyl sites for hydroxylation is 1. The van der Waals surface area contributed by atoms with Gasteiger partial charge in [-0.25, -0.2) is 0 Å². The molecule has 0 bridgehead atoms. The third kappa shape index (κ3) is 3.83. The lowest BCUT2D eigenvalue weighted by Crippen LogP contribution is -2.54. The number of nitrogens with zero attached hydrogens (tertiary/aromatic N) is 3. The first-order chi connectivity index (χ1) is 14.2. The predicted molar refractivity (Wildman–Crippen MR) is 113 cm³/mol. The number of aromatic nitrogens is 2. The van der Waals surface area contributed by atoms with Crippen LogP contribution in [0.15, 0.2) is 24.3 Å². The maximum absolute atomic E-state index is 10.6. The van der Waals surface area contributed by atoms with Gasteiger partial charge in [-0.15, -0.1) is 10.2 Å². The van der Waals surface area contributed by atoms with Crippen LogP contribution in [0.2, 0.25) is 0 Å². The molecule has 1 aromatic heterocycles. The van der Waals surface area contributed by atoms with Crippen LogP contribution in [0, 0.1) is 6.92 Å². The average Bonchev–Trinajstić information content (AvgIpc) is 2.60. The van der Waals surface area contributed by atoms with Gasteiger partial charge in [0.15, 0.2) is 0 Å². The van der Waals surface area contributed by atoms with Crippen LogP contribution in [0.5, 0.6) is 5.75 Å². The fourth-order valence-electron chi connectivity index (χ4n) is 4.67. The van der Waals surface area contributed by atoms with Crippen molar-refractivity contribution in [3.05, 3.63) is 35.4 Å². The largest absolute Gasteiger partial charge is 0.507 e. The van der Waals surface area contributed by atoms with Gasteiger partial charge in [0.25, 0.3) is 0 Å². The standard InChI is InChI=1S/C23H30N4O2/c1-15-10-22(24-18-6-3-9-27(12-18)19-13-29-14-19)25-26-23(15)20-8-7-17(11-21(20)28)16-4-2-5-16/h7-8,10-11,16,18-19,28H,2-6,9,12-14H2,1H3,(H,24,25)/t18-/m1/s1. The molecule has 1 atom stereocenters. The molecule has 6 nitrogen and oxygen atoms in total. The Bertz CT molecular complexity index is 879. The Morgan fingerprint density at radius 1 is 1.10 bits per heavy atom. The van der Waals surface area contributed by atoms with Gasteiger partial charge < -0.3 is 15.2 Å². The fourth-order valence-corrected chi connectivity index (χ4v) is 4.67. The van der Waals surface area contributed by atoms with E-state index in [-0.39, 0.29) is 0 Å². The summed E-state index contributed by atoms with van der Waals surface area (Å²) in [7, 11) is 0. The second-order valence-electron chi connectivity index (χ2n) is 8.84. The second-order valence-corrected chi connectivity index (χ2v) is 8.84. The molecular formula is C23H30N4O2. The van der Waals surface area contributed by atoms with Crippen molar-refractivity contribution in [3.8, 4) is 17.0 Å². The van der Waals surface area contributed by atoms with Crippen LogP contribution in [0.1, 0.15) is 49.1 Å². The minimum atomic E-state index is 0.304. The van der Waals surface area contributed by atoms with Crippen LogP contribution in [0.4, 0.5) is 5.82 Å². The Balaban J connectivity index is 1.29. The molecular weight excluding hydrogens is 364 g/mol. The molecule has 0 amide bonds. The van der Waals surface area contributed by atoms with Crippen LogP contribution in [0.25, 0.3) is 11.3 Å². The minimum absolute atomic E-state index is 0.304. The maximum atomic E-state index is 10.6. The highest BCUT2D eigenvalue weighted by Gasteiger charge is 2.30. The number of hydrogen-bond donors (Lipinski definition) is 2. The lowest BCUT2D eigenvalue weighted by molar-refractivity contribution is -0.0710. The van der Waals surface area contributed by atoms with E-state index in [1.54, 1.807) is 0 Å². The van der Waals surface area contributed by atoms with Crippen molar-refractivity contribution in [2.75, 3.05) is 31.6 Å². The van der Waals surface area contributed by atoms with Crippen molar-refractivity contribution in [1.29, 1.82) is 0 Å². The van der Waals surface area contributed by atoms with Gasteiger partial charge in [0, 0.05) is 18.2 Å². The van der Waals surface area contributed by atoms with Crippen LogP contribution in [-0.2, 0) is 4.74 Å². The topological polar surface area (TPSA) is 70.5 Å². The number of likely N-dealkylation sites (tertiary alicyclic amines) is 1. The molecule has 6 heteroatoms. The van der Waals surface area contributed by atoms with Gasteiger partial charge in [-0.2, -0.15) is 0 Å². The van der Waals surface area contributed by atoms with Gasteiger partial charge in [0.2, 0.25) is 0 Å². The zero-order valence-corrected chi connectivity index (χ0v) is 17.1. The highest BCUT2D eigenvalue weighted by Crippen LogP contribution is 2.40. The molecule has 3 heterocycles. The molecule has 1 aromatic carbocycles. The summed E-state index contributed by atoms with van der Waals surface area (Å²) < 4.78 is 5.35. The molecule has 2 aromatic rings. The van der Waals surface area contributed by atoms with E-state index >= 15 is 0 Å². The smallest absolute Gasteiger partial charge is 0.149 e. The Morgan fingerprint density at radius 3 is 2.62 bits per heavy atom. The molecule has 5 rings (SSSR count). The van der Waals surface area contributed by atoms with Gasteiger partial charge in [-0.05, 0) is 74.4 Å². The normalized spacial score (nSPS) is 23.4. The monoisotopic (exact) mass is 394 g/mol. The third-order valence-electron chi connectivity index (χ3n) is 6.78. The lowest BCUT2D eigenvalue weighted by atomic mass is 9.79. The summed E-state index contributed by atoms with van der Waals surface area (Å²) >= 11 is 0. The highest BCUT2D eigenvalue weighted by molar-refractivity contribution is 5.70. The minimum Gasteiger partial charge on any atom is -0.507 e. The molecule has 1 aliphatic carbocycles. The number of rotatable bonds is 5. The number of nitrogens with one attached hydrogen (secondary N) is 1. The molecule has 29 heavy (non-hydrogen) atoms. The van der Waals surface area contributed by atoms with Gasteiger partial charge in [0.05, 0.1) is 24.9 Å². The number of phenols is 1. The van der Waals surface area contributed by atoms with Gasteiger partial charge in [-0.1, -0.05) is 12.5 Å². The van der Waals surface area contributed by atoms with E-state index in [4.69, 9.17) is 4.74 Å². The first-order valence-electron chi connectivity index (χ1n) is 10.9. The van der Waals surface area contributed by atoms with Crippen molar-refractivity contribution in [2.45, 2.75) is 57.0 Å². The van der Waals surface area contributed by atoms with E-state index in [2.05, 4.69) is 26.5 Å². The zero-order chi connectivity index (χ0) is 19.8. The van der Waals surface area contributed by atoms with E-state index in [9.17, 15) is 5.11 Å². The SMILES string of the molecule is Cc1cc(N[C@@H]2CCCN(C3COC3)C2)nnc1-c1ccc(C2CCC2)cc1O. The Hall–Kier alpha value is -2.18. The molecule has 154 valence electrons. The van der Waals surface area contributed by atoms with E-state index in [1.165, 1.54) is 31.2 Å². The maximum Gasteiger partial charge on any atom is 0.149 e. The molecule has 0 spiro atoms. The highest BCUT2D eigenvalue weighted by atomic mass is 16.5. The van der Waals surface area contributed by atoms with E-state index in [0.717, 1.165) is 55.4 Å². The van der Waals surface area contributed by atoms with Gasteiger partial charge >= 0.3 is 0 Å². The number of hydrogen-bond acceptors (Lipinski definition) is 6. The van der Waals surface area contributed by atoms with Crippen molar-refractivity contribution in [1.82, 2.24) is 15.1 Å². The lowest BCUT2D eigenvalue weighted by Gasteiger charge is -2.42. The zero-order valence-electron chi connectivity index (χ0n) is 17.1. The first kappa shape index (κ1) is 18.8. The molecule has 2 saturated heterocycles. The van der Waals surface area contributed by atoms with E-state index < -0.39 is 0 Å². The number of piperidine rings is 1. The fraction of sp³-hybridized carbons (Fsp3) is 0.565. The van der Waals surface area contributed by atoms with Crippen molar-refractivity contribution in [2.24, 2.45) is 0 Å². The molecule has 2 N–H and O–H groups in total. The number of benzene rings is 1. The predicted octanol–water partition coefficient (Wildman–Crippen LogP) is 3.70. The summed E-state index contributed by atoms with van der Waals surface area (Å²) in [5, 5.41) is 23.0. The van der Waals surface area contributed by atoms with Crippen molar-refractivity contribution < 1.29 is 9.84 Å². The Morgan fingerprint density at radius 2 is 1.97 bits per heavy atom. The van der Waals surface area contributed by atoms with Crippen LogP contribution < -0.4 is 5.32 Å². The Labute approximate surface area is 172 Å². The summed E-state index contributed by atoms with van der Waals surface area (Å²) in [5.74, 6) is 1.72. The third-order valence-corrected chi connectivity index (χ3v) is 6.78. The summed E-state index contributed by atoms with van der Waals surface area (Å²) in [5.41, 5.74) is 3.78. The second kappa shape index (κ2) is 7.92. The van der Waals surface area contributed by atoms with Crippen LogP contribution in [0.3, 0.4) is 0 Å². The molecule has 3 aliphatic rings. The van der Waals surface area contributed by atoms with Crippen molar-refractivity contribution >= 4 is 5.82 Å². The summed E-state index contributed by atoms with van der Waals surface area (Å²) in [6.45, 7) is 5.95. The van der Waals surface area contributed by atoms with E-state index in [1.807, 2.05) is 25.1 Å². The van der Waals surface area contributed by atoms with Crippen molar-refractivity contribution in [3.63, 3.8) is 0 Å². The number of phenolic OH excluding ortho intramolecular Hbond substituents is 1. The first-order valence-corrected chi connectivity index (χ1v) is 10.9. The van der Waals surface area contributed by atoms with E-state index in [0.29, 0.717) is 23.8 Å². The summed E-state index contributed by atoms with van der Waals surface area (Å²) in [6, 6.07) is 9.06. The quantitative estimate of drug-likeness (QED) is 0.806. The number of anilines is 1. The molecule has 3 fully saturated rings. The van der Waals surface area contributed by atoms with Crippen LogP contribution in [-0.4, -0.2) is 58.6 Å². The van der Waals surface area contributed by atoms with Gasteiger partial charge in [0.1, 0.15) is 11.6 Å². The summed E-state index contributed by atoms with van der Waals surface area (Å²) in [4.78, 5) is 2.53. The average molecular weight is 395 g/mol. The number of ether oxygens (including phenoxy) is 1. The molecule has 0 unspecified atom stereocenters. The molecule has 1 saturated carbocycles. The Kier molecular flexibility index (Phi) is 5.14. The molecule has 0 radical (unpaired) electrons. The van der Waals surface area contributed by atoms with Gasteiger partial charge in [-0.3, -0.25) is 4.90 Å². The van der Waals surface area contributed by atoms with Crippen LogP contribution >= 0.6 is 0 Å². The molecule has 2 aliphatic heterocycles. The summed E-state index contributed by atoms with van der Waals surface area (Å²) in [6.07, 6.45) is 6.09. The number of aromatic hydroxyl groups is 1.